The zero-order valence-corrected chi connectivity index (χ0v) is 18.4. The summed E-state index contributed by atoms with van der Waals surface area (Å²) in [6.07, 6.45) is 0. The molecule has 0 radical (unpaired) electrons. The van der Waals surface area contributed by atoms with Gasteiger partial charge in [-0.05, 0) is 52.3 Å². The zero-order chi connectivity index (χ0) is 22.0. The van der Waals surface area contributed by atoms with Gasteiger partial charge >= 0.3 is 0 Å². The molecular formula is C23H28N4O3. The molecule has 30 heavy (non-hydrogen) atoms. The van der Waals surface area contributed by atoms with E-state index in [1.54, 1.807) is 31.9 Å². The molecule has 7 nitrogen and oxygen atoms in total. The Morgan fingerprint density at radius 3 is 2.47 bits per heavy atom. The minimum atomic E-state index is -0.314. The van der Waals surface area contributed by atoms with Crippen LogP contribution in [0.3, 0.4) is 0 Å². The van der Waals surface area contributed by atoms with Crippen LogP contribution in [0.25, 0.3) is 5.69 Å². The van der Waals surface area contributed by atoms with Crippen LogP contribution < -0.4 is 5.32 Å². The molecule has 0 bridgehead atoms. The number of carbonyl (C=O) groups is 2. The molecule has 1 aromatic carbocycles. The molecule has 0 aliphatic rings. The topological polar surface area (TPSA) is 80.4 Å². The van der Waals surface area contributed by atoms with E-state index in [2.05, 4.69) is 10.4 Å². The van der Waals surface area contributed by atoms with Gasteiger partial charge in [-0.1, -0.05) is 18.2 Å². The predicted octanol–water partition coefficient (Wildman–Crippen LogP) is 3.40. The van der Waals surface area contributed by atoms with Crippen molar-refractivity contribution >= 4 is 11.8 Å². The van der Waals surface area contributed by atoms with Gasteiger partial charge in [-0.2, -0.15) is 5.10 Å². The number of rotatable bonds is 6. The van der Waals surface area contributed by atoms with Gasteiger partial charge in [0.05, 0.1) is 23.5 Å². The number of para-hydroxylation sites is 1. The smallest absolute Gasteiger partial charge is 0.255 e. The van der Waals surface area contributed by atoms with Crippen LogP contribution >= 0.6 is 0 Å². The van der Waals surface area contributed by atoms with Gasteiger partial charge in [0.25, 0.3) is 5.91 Å². The third-order valence-electron chi connectivity index (χ3n) is 5.29. The highest BCUT2D eigenvalue weighted by Crippen LogP contribution is 2.21. The molecule has 0 spiro atoms. The maximum Gasteiger partial charge on any atom is 0.255 e. The molecule has 0 aliphatic carbocycles. The lowest BCUT2D eigenvalue weighted by atomic mass is 10.1. The summed E-state index contributed by atoms with van der Waals surface area (Å²) in [5.74, 6) is 0.716. The Morgan fingerprint density at radius 1 is 1.13 bits per heavy atom. The number of nitrogens with zero attached hydrogens (tertiary/aromatic N) is 3. The van der Waals surface area contributed by atoms with E-state index in [1.807, 2.05) is 49.7 Å². The van der Waals surface area contributed by atoms with Crippen molar-refractivity contribution < 1.29 is 14.0 Å². The van der Waals surface area contributed by atoms with Crippen molar-refractivity contribution in [2.45, 2.75) is 41.2 Å². The quantitative estimate of drug-likeness (QED) is 0.678. The highest BCUT2D eigenvalue weighted by molar-refractivity contribution is 5.97. The van der Waals surface area contributed by atoms with Crippen LogP contribution in [0.4, 0.5) is 0 Å². The van der Waals surface area contributed by atoms with E-state index >= 15 is 0 Å². The van der Waals surface area contributed by atoms with Gasteiger partial charge in [-0.3, -0.25) is 9.59 Å². The normalized spacial score (nSPS) is 10.9. The molecule has 0 unspecified atom stereocenters. The largest absolute Gasteiger partial charge is 0.466 e. The summed E-state index contributed by atoms with van der Waals surface area (Å²) < 4.78 is 7.30. The molecule has 0 saturated carbocycles. The number of aryl methyl sites for hydroxylation is 4. The second-order valence-corrected chi connectivity index (χ2v) is 7.61. The first kappa shape index (κ1) is 21.4. The molecule has 2 amide bonds. The first-order chi connectivity index (χ1) is 14.2. The summed E-state index contributed by atoms with van der Waals surface area (Å²) in [6.45, 7) is 9.85. The molecule has 7 heteroatoms. The Morgan fingerprint density at radius 2 is 1.83 bits per heavy atom. The molecule has 1 N–H and O–H groups in total. The van der Waals surface area contributed by atoms with E-state index in [4.69, 9.17) is 4.42 Å². The highest BCUT2D eigenvalue weighted by atomic mass is 16.3. The van der Waals surface area contributed by atoms with E-state index < -0.39 is 0 Å². The van der Waals surface area contributed by atoms with Gasteiger partial charge in [0.15, 0.2) is 0 Å². The van der Waals surface area contributed by atoms with Crippen molar-refractivity contribution in [1.82, 2.24) is 20.0 Å². The molecule has 0 atom stereocenters. The average molecular weight is 409 g/mol. The maximum absolute atomic E-state index is 12.6. The second kappa shape index (κ2) is 8.57. The fraction of sp³-hybridized carbons (Fsp3) is 0.348. The standard InChI is InChI=1S/C23H28N4O3/c1-14-9-7-8-10-21(14)27-17(4)20(16(3)25-27)13-26(6)22(28)12-24-23(29)19-11-15(2)30-18(19)5/h7-11H,12-13H2,1-6H3,(H,24,29). The third kappa shape index (κ3) is 4.30. The number of furan rings is 1. The van der Waals surface area contributed by atoms with E-state index in [1.165, 1.54) is 0 Å². The van der Waals surface area contributed by atoms with Crippen LogP contribution in [-0.4, -0.2) is 40.1 Å². The van der Waals surface area contributed by atoms with Crippen LogP contribution in [0.5, 0.6) is 0 Å². The van der Waals surface area contributed by atoms with Gasteiger partial charge in [-0.15, -0.1) is 0 Å². The van der Waals surface area contributed by atoms with Crippen molar-refractivity contribution in [2.75, 3.05) is 13.6 Å². The number of carbonyl (C=O) groups excluding carboxylic acids is 2. The Kier molecular flexibility index (Phi) is 6.10. The van der Waals surface area contributed by atoms with E-state index in [9.17, 15) is 9.59 Å². The SMILES string of the molecule is Cc1cc(C(=O)NCC(=O)N(C)Cc2c(C)nn(-c3ccccc3C)c2C)c(C)o1. The molecule has 0 fully saturated rings. The van der Waals surface area contributed by atoms with Gasteiger partial charge in [0.2, 0.25) is 5.91 Å². The Labute approximate surface area is 176 Å². The fourth-order valence-corrected chi connectivity index (χ4v) is 3.51. The summed E-state index contributed by atoms with van der Waals surface area (Å²) in [7, 11) is 1.73. The molecule has 3 aromatic rings. The van der Waals surface area contributed by atoms with Crippen LogP contribution in [0.15, 0.2) is 34.7 Å². The summed E-state index contributed by atoms with van der Waals surface area (Å²) >= 11 is 0. The lowest BCUT2D eigenvalue weighted by Crippen LogP contribution is -2.38. The van der Waals surface area contributed by atoms with Gasteiger partial charge < -0.3 is 14.6 Å². The lowest BCUT2D eigenvalue weighted by Gasteiger charge is -2.18. The third-order valence-corrected chi connectivity index (χ3v) is 5.29. The minimum absolute atomic E-state index is 0.0803. The monoisotopic (exact) mass is 408 g/mol. The summed E-state index contributed by atoms with van der Waals surface area (Å²) in [6, 6.07) is 9.74. The van der Waals surface area contributed by atoms with E-state index in [0.29, 0.717) is 23.6 Å². The maximum atomic E-state index is 12.6. The number of nitrogens with one attached hydrogen (secondary N) is 1. The molecule has 2 aromatic heterocycles. The Hall–Kier alpha value is -3.35. The van der Waals surface area contributed by atoms with E-state index in [0.717, 1.165) is 28.2 Å². The molecular weight excluding hydrogens is 380 g/mol. The number of hydrogen-bond donors (Lipinski definition) is 1. The second-order valence-electron chi connectivity index (χ2n) is 7.61. The van der Waals surface area contributed by atoms with Gasteiger partial charge in [0, 0.05) is 24.8 Å². The molecule has 3 rings (SSSR count). The minimum Gasteiger partial charge on any atom is -0.466 e. The van der Waals surface area contributed by atoms with Crippen LogP contribution in [0, 0.1) is 34.6 Å². The van der Waals surface area contributed by atoms with Crippen molar-refractivity contribution in [1.29, 1.82) is 0 Å². The predicted molar refractivity (Wildman–Crippen MR) is 115 cm³/mol. The number of likely N-dealkylation sites (N-methyl/N-ethyl adjacent to an activating group) is 1. The average Bonchev–Trinajstić information content (AvgIpc) is 3.18. The number of aromatic nitrogens is 2. The fourth-order valence-electron chi connectivity index (χ4n) is 3.51. The zero-order valence-electron chi connectivity index (χ0n) is 18.4. The Bertz CT molecular complexity index is 1090. The van der Waals surface area contributed by atoms with Gasteiger partial charge in [-0.25, -0.2) is 4.68 Å². The number of amides is 2. The molecule has 0 saturated heterocycles. The summed E-state index contributed by atoms with van der Waals surface area (Å²) in [5.41, 5.74) is 5.48. The first-order valence-electron chi connectivity index (χ1n) is 9.89. The molecule has 158 valence electrons. The first-order valence-corrected chi connectivity index (χ1v) is 9.89. The van der Waals surface area contributed by atoms with Gasteiger partial charge in [0.1, 0.15) is 11.5 Å². The van der Waals surface area contributed by atoms with E-state index in [-0.39, 0.29) is 18.4 Å². The molecule has 0 aliphatic heterocycles. The van der Waals surface area contributed by atoms with Crippen molar-refractivity contribution in [2.24, 2.45) is 0 Å². The Balaban J connectivity index is 1.68. The van der Waals surface area contributed by atoms with Crippen molar-refractivity contribution in [3.8, 4) is 5.69 Å². The summed E-state index contributed by atoms with van der Waals surface area (Å²) in [4.78, 5) is 26.5. The summed E-state index contributed by atoms with van der Waals surface area (Å²) in [5, 5.41) is 7.35. The lowest BCUT2D eigenvalue weighted by molar-refractivity contribution is -0.129. The van der Waals surface area contributed by atoms with Crippen LogP contribution in [0.2, 0.25) is 0 Å². The van der Waals surface area contributed by atoms with Crippen LogP contribution in [0.1, 0.15) is 44.4 Å². The van der Waals surface area contributed by atoms with Crippen LogP contribution in [-0.2, 0) is 11.3 Å². The van der Waals surface area contributed by atoms with Crippen molar-refractivity contribution in [3.63, 3.8) is 0 Å². The molecule has 2 heterocycles. The number of hydrogen-bond acceptors (Lipinski definition) is 4. The number of benzene rings is 1. The highest BCUT2D eigenvalue weighted by Gasteiger charge is 2.19. The van der Waals surface area contributed by atoms with Crippen molar-refractivity contribution in [3.05, 3.63) is 69.9 Å².